The van der Waals surface area contributed by atoms with Crippen LogP contribution >= 0.6 is 0 Å². The van der Waals surface area contributed by atoms with E-state index in [0.29, 0.717) is 12.6 Å². The normalized spacial score (nSPS) is 19.3. The molecule has 1 unspecified atom stereocenters. The fraction of sp³-hybridized carbons (Fsp3) is 1.00. The summed E-state index contributed by atoms with van der Waals surface area (Å²) in [5.41, 5.74) is 0. The van der Waals surface area contributed by atoms with E-state index in [4.69, 9.17) is 4.74 Å². The van der Waals surface area contributed by atoms with E-state index in [1.54, 1.807) is 0 Å². The molecule has 1 rings (SSSR count). The Morgan fingerprint density at radius 2 is 1.94 bits per heavy atom. The monoisotopic (exact) mass is 263 g/mol. The second-order valence-corrected chi connectivity index (χ2v) is 5.25. The van der Waals surface area contributed by atoms with Gasteiger partial charge in [-0.1, -0.05) is 39.0 Å². The van der Waals surface area contributed by atoms with E-state index in [0.717, 1.165) is 18.9 Å². The highest BCUT2D eigenvalue weighted by Crippen LogP contribution is 2.27. The van der Waals surface area contributed by atoms with Crippen molar-refractivity contribution in [2.24, 2.45) is 5.92 Å². The standard InChI is InChI=1S/C14H27F2NO/c1-2-17-13(8-9-18-11-14(15)16)10-12-6-4-3-5-7-12/h12-14,17H,2-11H2,1H3. The van der Waals surface area contributed by atoms with Gasteiger partial charge in [-0.05, 0) is 25.3 Å². The topological polar surface area (TPSA) is 21.3 Å². The van der Waals surface area contributed by atoms with Crippen LogP contribution in [-0.2, 0) is 4.74 Å². The van der Waals surface area contributed by atoms with Gasteiger partial charge in [0, 0.05) is 12.6 Å². The van der Waals surface area contributed by atoms with Crippen molar-refractivity contribution >= 4 is 0 Å². The van der Waals surface area contributed by atoms with Crippen LogP contribution < -0.4 is 5.32 Å². The van der Waals surface area contributed by atoms with Gasteiger partial charge in [-0.3, -0.25) is 0 Å². The van der Waals surface area contributed by atoms with Gasteiger partial charge in [0.1, 0.15) is 6.61 Å². The quantitative estimate of drug-likeness (QED) is 0.642. The lowest BCUT2D eigenvalue weighted by molar-refractivity contribution is 0.0137. The molecule has 0 aromatic carbocycles. The Morgan fingerprint density at radius 3 is 2.56 bits per heavy atom. The van der Waals surface area contributed by atoms with Gasteiger partial charge >= 0.3 is 0 Å². The van der Waals surface area contributed by atoms with Crippen LogP contribution in [0.25, 0.3) is 0 Å². The minimum Gasteiger partial charge on any atom is -0.375 e. The fourth-order valence-electron chi connectivity index (χ4n) is 2.82. The molecule has 1 aliphatic carbocycles. The van der Waals surface area contributed by atoms with E-state index >= 15 is 0 Å². The third-order valence-electron chi connectivity index (χ3n) is 3.69. The Balaban J connectivity index is 2.16. The first-order valence-corrected chi connectivity index (χ1v) is 7.31. The average molecular weight is 263 g/mol. The Kier molecular flexibility index (Phi) is 8.51. The van der Waals surface area contributed by atoms with E-state index in [1.807, 2.05) is 0 Å². The maximum absolute atomic E-state index is 11.9. The molecule has 0 aromatic rings. The number of nitrogens with one attached hydrogen (secondary N) is 1. The van der Waals surface area contributed by atoms with Gasteiger partial charge in [-0.15, -0.1) is 0 Å². The minimum atomic E-state index is -2.35. The fourth-order valence-corrected chi connectivity index (χ4v) is 2.82. The van der Waals surface area contributed by atoms with Crippen molar-refractivity contribution in [1.82, 2.24) is 5.32 Å². The Bertz CT molecular complexity index is 196. The van der Waals surface area contributed by atoms with Crippen LogP contribution in [0.2, 0.25) is 0 Å². The molecule has 4 heteroatoms. The second-order valence-electron chi connectivity index (χ2n) is 5.25. The highest BCUT2D eigenvalue weighted by atomic mass is 19.3. The zero-order chi connectivity index (χ0) is 13.2. The first-order chi connectivity index (χ1) is 8.72. The zero-order valence-corrected chi connectivity index (χ0v) is 11.5. The molecule has 0 radical (unpaired) electrons. The number of hydrogen-bond donors (Lipinski definition) is 1. The molecule has 2 nitrogen and oxygen atoms in total. The van der Waals surface area contributed by atoms with Gasteiger partial charge in [0.25, 0.3) is 6.43 Å². The van der Waals surface area contributed by atoms with Gasteiger partial charge in [0.2, 0.25) is 0 Å². The van der Waals surface area contributed by atoms with Crippen LogP contribution in [0.4, 0.5) is 8.78 Å². The molecule has 0 saturated heterocycles. The zero-order valence-electron chi connectivity index (χ0n) is 11.5. The molecule has 1 N–H and O–H groups in total. The summed E-state index contributed by atoms with van der Waals surface area (Å²) in [7, 11) is 0. The van der Waals surface area contributed by atoms with Gasteiger partial charge in [-0.25, -0.2) is 8.78 Å². The Morgan fingerprint density at radius 1 is 1.22 bits per heavy atom. The first-order valence-electron chi connectivity index (χ1n) is 7.31. The minimum absolute atomic E-state index is 0.427. The number of halogens is 2. The van der Waals surface area contributed by atoms with Crippen molar-refractivity contribution in [3.8, 4) is 0 Å². The lowest BCUT2D eigenvalue weighted by Gasteiger charge is -2.27. The van der Waals surface area contributed by atoms with Crippen LogP contribution in [0.5, 0.6) is 0 Å². The summed E-state index contributed by atoms with van der Waals surface area (Å²) in [4.78, 5) is 0. The van der Waals surface area contributed by atoms with Crippen molar-refractivity contribution in [3.63, 3.8) is 0 Å². The van der Waals surface area contributed by atoms with Crippen LogP contribution in [0.15, 0.2) is 0 Å². The van der Waals surface area contributed by atoms with Gasteiger partial charge in [0.15, 0.2) is 0 Å². The molecule has 0 heterocycles. The number of alkyl halides is 2. The van der Waals surface area contributed by atoms with Gasteiger partial charge < -0.3 is 10.1 Å². The molecular formula is C14H27F2NO. The van der Waals surface area contributed by atoms with Crippen molar-refractivity contribution < 1.29 is 13.5 Å². The highest BCUT2D eigenvalue weighted by Gasteiger charge is 2.18. The molecule has 1 fully saturated rings. The molecule has 0 aromatic heterocycles. The number of hydrogen-bond acceptors (Lipinski definition) is 2. The van der Waals surface area contributed by atoms with Crippen LogP contribution in [0.3, 0.4) is 0 Å². The summed E-state index contributed by atoms with van der Waals surface area (Å²) in [6, 6.07) is 0.427. The molecule has 1 saturated carbocycles. The number of rotatable bonds is 9. The molecule has 18 heavy (non-hydrogen) atoms. The smallest absolute Gasteiger partial charge is 0.261 e. The largest absolute Gasteiger partial charge is 0.375 e. The van der Waals surface area contributed by atoms with E-state index in [1.165, 1.54) is 38.5 Å². The molecule has 0 amide bonds. The summed E-state index contributed by atoms with van der Waals surface area (Å²) in [5, 5.41) is 3.45. The predicted molar refractivity (Wildman–Crippen MR) is 70.1 cm³/mol. The summed E-state index contributed by atoms with van der Waals surface area (Å²) in [6.45, 7) is 3.04. The van der Waals surface area contributed by atoms with Crippen LogP contribution in [0, 0.1) is 5.92 Å². The van der Waals surface area contributed by atoms with E-state index in [-0.39, 0.29) is 0 Å². The van der Waals surface area contributed by atoms with E-state index in [2.05, 4.69) is 12.2 Å². The summed E-state index contributed by atoms with van der Waals surface area (Å²) in [5.74, 6) is 0.817. The summed E-state index contributed by atoms with van der Waals surface area (Å²) in [6.07, 6.45) is 6.42. The SMILES string of the molecule is CCNC(CCOCC(F)F)CC1CCCCC1. The van der Waals surface area contributed by atoms with Crippen molar-refractivity contribution in [2.75, 3.05) is 19.8 Å². The summed E-state index contributed by atoms with van der Waals surface area (Å²) < 4.78 is 28.8. The maximum Gasteiger partial charge on any atom is 0.261 e. The molecular weight excluding hydrogens is 236 g/mol. The predicted octanol–water partition coefficient (Wildman–Crippen LogP) is 3.61. The Labute approximate surface area is 109 Å². The molecule has 1 aliphatic rings. The molecule has 1 atom stereocenters. The van der Waals surface area contributed by atoms with Crippen LogP contribution in [-0.4, -0.2) is 32.2 Å². The van der Waals surface area contributed by atoms with E-state index in [9.17, 15) is 8.78 Å². The molecule has 0 spiro atoms. The first kappa shape index (κ1) is 15.8. The van der Waals surface area contributed by atoms with Gasteiger partial charge in [-0.2, -0.15) is 0 Å². The second kappa shape index (κ2) is 9.68. The maximum atomic E-state index is 11.9. The van der Waals surface area contributed by atoms with Gasteiger partial charge in [0.05, 0.1) is 0 Å². The van der Waals surface area contributed by atoms with Crippen molar-refractivity contribution in [2.45, 2.75) is 64.3 Å². The Hall–Kier alpha value is -0.220. The highest BCUT2D eigenvalue weighted by molar-refractivity contribution is 4.74. The molecule has 108 valence electrons. The van der Waals surface area contributed by atoms with Crippen molar-refractivity contribution in [1.29, 1.82) is 0 Å². The number of ether oxygens (including phenoxy) is 1. The third-order valence-corrected chi connectivity index (χ3v) is 3.69. The average Bonchev–Trinajstić information content (AvgIpc) is 2.36. The third kappa shape index (κ3) is 7.27. The molecule has 0 bridgehead atoms. The van der Waals surface area contributed by atoms with E-state index < -0.39 is 13.0 Å². The lowest BCUT2D eigenvalue weighted by atomic mass is 9.84. The van der Waals surface area contributed by atoms with Crippen LogP contribution in [0.1, 0.15) is 51.9 Å². The molecule has 0 aliphatic heterocycles. The van der Waals surface area contributed by atoms with Crippen molar-refractivity contribution in [3.05, 3.63) is 0 Å². The summed E-state index contributed by atoms with van der Waals surface area (Å²) >= 11 is 0. The lowest BCUT2D eigenvalue weighted by Crippen LogP contribution is -2.33.